The highest BCUT2D eigenvalue weighted by atomic mass is 16.3. The number of carbonyl (C=O) groups excluding carboxylic acids is 1. The topological polar surface area (TPSA) is 134 Å². The molecule has 21 heavy (non-hydrogen) atoms. The number of hydrogen-bond acceptors (Lipinski definition) is 4. The summed E-state index contributed by atoms with van der Waals surface area (Å²) in [6.07, 6.45) is 2.62. The molecule has 1 aromatic rings. The van der Waals surface area contributed by atoms with Gasteiger partial charge in [-0.1, -0.05) is 12.1 Å². The fourth-order valence-electron chi connectivity index (χ4n) is 1.48. The van der Waals surface area contributed by atoms with E-state index in [0.717, 1.165) is 5.56 Å². The summed E-state index contributed by atoms with van der Waals surface area (Å²) < 4.78 is 0. The zero-order chi connectivity index (χ0) is 15.7. The van der Waals surface area contributed by atoms with Gasteiger partial charge >= 0.3 is 0 Å². The van der Waals surface area contributed by atoms with Gasteiger partial charge in [0.25, 0.3) is 0 Å². The van der Waals surface area contributed by atoms with Gasteiger partial charge in [-0.05, 0) is 30.2 Å². The summed E-state index contributed by atoms with van der Waals surface area (Å²) in [5.74, 6) is -0.174. The number of nitrogens with zero attached hydrogens (tertiary/aromatic N) is 1. The number of amides is 1. The highest BCUT2D eigenvalue weighted by Gasteiger charge is 2.04. The van der Waals surface area contributed by atoms with Gasteiger partial charge in [-0.25, -0.2) is 0 Å². The van der Waals surface area contributed by atoms with Crippen LogP contribution < -0.4 is 16.8 Å². The maximum absolute atomic E-state index is 11.5. The third-order valence-electron chi connectivity index (χ3n) is 2.59. The first-order valence-electron chi connectivity index (χ1n) is 6.46. The number of rotatable bonds is 7. The summed E-state index contributed by atoms with van der Waals surface area (Å²) in [5.41, 5.74) is 11.1. The predicted octanol–water partition coefficient (Wildman–Crippen LogP) is -0.454. The van der Waals surface area contributed by atoms with Gasteiger partial charge < -0.3 is 27.0 Å². The summed E-state index contributed by atoms with van der Waals surface area (Å²) in [4.78, 5) is 15.3. The second-order valence-corrected chi connectivity index (χ2v) is 4.42. The largest absolute Gasteiger partial charge is 0.508 e. The number of aliphatic hydroxyl groups excluding tert-OH is 1. The lowest BCUT2D eigenvalue weighted by Gasteiger charge is -2.09. The van der Waals surface area contributed by atoms with Crippen LogP contribution in [0.25, 0.3) is 6.08 Å². The van der Waals surface area contributed by atoms with Crippen LogP contribution in [-0.2, 0) is 4.79 Å². The van der Waals surface area contributed by atoms with Gasteiger partial charge in [-0.2, -0.15) is 0 Å². The molecule has 0 aromatic heterocycles. The Kier molecular flexibility index (Phi) is 6.76. The minimum Gasteiger partial charge on any atom is -0.508 e. The fourth-order valence-corrected chi connectivity index (χ4v) is 1.48. The molecule has 0 aliphatic rings. The molecule has 0 heterocycles. The van der Waals surface area contributed by atoms with Crippen molar-refractivity contribution >= 4 is 17.9 Å². The van der Waals surface area contributed by atoms with Crippen molar-refractivity contribution in [2.24, 2.45) is 16.5 Å². The SMILES string of the molecule is NC(N)=NCCC(O)CNC(=O)/C=C/c1ccc(O)cc1. The van der Waals surface area contributed by atoms with Crippen LogP contribution in [0.4, 0.5) is 0 Å². The number of aliphatic imine (C=N–C) groups is 1. The van der Waals surface area contributed by atoms with Crippen LogP contribution in [-0.4, -0.2) is 41.3 Å². The molecule has 0 aliphatic heterocycles. The molecular formula is C14H20N4O3. The van der Waals surface area contributed by atoms with Gasteiger partial charge in [-0.3, -0.25) is 9.79 Å². The molecule has 1 aromatic carbocycles. The number of aromatic hydroxyl groups is 1. The van der Waals surface area contributed by atoms with Crippen LogP contribution in [0.5, 0.6) is 5.75 Å². The monoisotopic (exact) mass is 292 g/mol. The number of phenols is 1. The number of phenolic OH excluding ortho intramolecular Hbond substituents is 1. The first-order valence-corrected chi connectivity index (χ1v) is 6.46. The highest BCUT2D eigenvalue weighted by Crippen LogP contribution is 2.10. The molecule has 1 rings (SSSR count). The van der Waals surface area contributed by atoms with Gasteiger partial charge in [-0.15, -0.1) is 0 Å². The van der Waals surface area contributed by atoms with Crippen molar-refractivity contribution in [3.63, 3.8) is 0 Å². The molecule has 1 atom stereocenters. The van der Waals surface area contributed by atoms with Crippen LogP contribution in [0.15, 0.2) is 35.3 Å². The summed E-state index contributed by atoms with van der Waals surface area (Å²) in [6.45, 7) is 0.432. The Hall–Kier alpha value is -2.54. The number of nitrogens with one attached hydrogen (secondary N) is 1. The molecule has 0 spiro atoms. The second-order valence-electron chi connectivity index (χ2n) is 4.42. The van der Waals surface area contributed by atoms with E-state index < -0.39 is 6.10 Å². The Morgan fingerprint density at radius 3 is 2.62 bits per heavy atom. The highest BCUT2D eigenvalue weighted by molar-refractivity contribution is 5.91. The number of carbonyl (C=O) groups is 1. The molecule has 0 radical (unpaired) electrons. The smallest absolute Gasteiger partial charge is 0.244 e. The van der Waals surface area contributed by atoms with Crippen molar-refractivity contribution in [3.05, 3.63) is 35.9 Å². The van der Waals surface area contributed by atoms with Crippen LogP contribution in [0.2, 0.25) is 0 Å². The molecule has 1 amide bonds. The van der Waals surface area contributed by atoms with Crippen LogP contribution >= 0.6 is 0 Å². The summed E-state index contributed by atoms with van der Waals surface area (Å²) in [5, 5.41) is 21.3. The Morgan fingerprint density at radius 1 is 1.33 bits per heavy atom. The van der Waals surface area contributed by atoms with E-state index in [4.69, 9.17) is 16.6 Å². The zero-order valence-electron chi connectivity index (χ0n) is 11.6. The maximum atomic E-state index is 11.5. The summed E-state index contributed by atoms with van der Waals surface area (Å²) in [6, 6.07) is 6.43. The van der Waals surface area contributed by atoms with Gasteiger partial charge in [0, 0.05) is 19.2 Å². The van der Waals surface area contributed by atoms with E-state index in [2.05, 4.69) is 10.3 Å². The molecule has 7 nitrogen and oxygen atoms in total. The molecule has 0 saturated carbocycles. The average molecular weight is 292 g/mol. The van der Waals surface area contributed by atoms with E-state index in [1.54, 1.807) is 18.2 Å². The van der Waals surface area contributed by atoms with Crippen molar-refractivity contribution in [1.82, 2.24) is 5.32 Å². The predicted molar refractivity (Wildman–Crippen MR) is 81.5 cm³/mol. The van der Waals surface area contributed by atoms with Crippen molar-refractivity contribution in [2.45, 2.75) is 12.5 Å². The third-order valence-corrected chi connectivity index (χ3v) is 2.59. The standard InChI is InChI=1S/C14H20N4O3/c15-14(16)17-8-7-12(20)9-18-13(21)6-3-10-1-4-11(19)5-2-10/h1-6,12,19-20H,7-9H2,(H,18,21)(H4,15,16,17)/b6-3+. The van der Waals surface area contributed by atoms with Crippen LogP contribution in [0.3, 0.4) is 0 Å². The minimum atomic E-state index is -0.709. The molecule has 0 fully saturated rings. The molecule has 1 unspecified atom stereocenters. The molecule has 0 saturated heterocycles. The molecule has 7 N–H and O–H groups in total. The minimum absolute atomic E-state index is 0.0249. The second kappa shape index (κ2) is 8.60. The lowest BCUT2D eigenvalue weighted by atomic mass is 10.2. The van der Waals surface area contributed by atoms with Crippen molar-refractivity contribution in [3.8, 4) is 5.75 Å². The van der Waals surface area contributed by atoms with E-state index in [-0.39, 0.29) is 24.2 Å². The fraction of sp³-hybridized carbons (Fsp3) is 0.286. The van der Waals surface area contributed by atoms with Crippen molar-refractivity contribution in [1.29, 1.82) is 0 Å². The average Bonchev–Trinajstić information content (AvgIpc) is 2.44. The normalized spacial score (nSPS) is 12.0. The van der Waals surface area contributed by atoms with E-state index in [0.29, 0.717) is 13.0 Å². The van der Waals surface area contributed by atoms with E-state index in [1.807, 2.05) is 0 Å². The molecule has 7 heteroatoms. The first kappa shape index (κ1) is 16.5. The number of guanidine groups is 1. The van der Waals surface area contributed by atoms with Gasteiger partial charge in [0.1, 0.15) is 5.75 Å². The number of benzene rings is 1. The lowest BCUT2D eigenvalue weighted by Crippen LogP contribution is -2.31. The summed E-state index contributed by atoms with van der Waals surface area (Å²) in [7, 11) is 0. The summed E-state index contributed by atoms with van der Waals surface area (Å²) >= 11 is 0. The Morgan fingerprint density at radius 2 is 2.00 bits per heavy atom. The Bertz CT molecular complexity index is 507. The molecule has 114 valence electrons. The molecule has 0 bridgehead atoms. The van der Waals surface area contributed by atoms with Gasteiger partial charge in [0.05, 0.1) is 6.10 Å². The first-order chi connectivity index (χ1) is 9.97. The number of nitrogens with two attached hydrogens (primary N) is 2. The quantitative estimate of drug-likeness (QED) is 0.263. The lowest BCUT2D eigenvalue weighted by molar-refractivity contribution is -0.116. The van der Waals surface area contributed by atoms with Gasteiger partial charge in [0.2, 0.25) is 5.91 Å². The Balaban J connectivity index is 2.30. The van der Waals surface area contributed by atoms with Gasteiger partial charge in [0.15, 0.2) is 5.96 Å². The van der Waals surface area contributed by atoms with E-state index in [9.17, 15) is 9.90 Å². The zero-order valence-corrected chi connectivity index (χ0v) is 11.6. The molecule has 0 aliphatic carbocycles. The number of aliphatic hydroxyl groups is 1. The maximum Gasteiger partial charge on any atom is 0.244 e. The van der Waals surface area contributed by atoms with Crippen molar-refractivity contribution < 1.29 is 15.0 Å². The number of hydrogen-bond donors (Lipinski definition) is 5. The Labute approximate surface area is 123 Å². The van der Waals surface area contributed by atoms with Crippen molar-refractivity contribution in [2.75, 3.05) is 13.1 Å². The van der Waals surface area contributed by atoms with E-state index in [1.165, 1.54) is 18.2 Å². The molecular weight excluding hydrogens is 272 g/mol. The van der Waals surface area contributed by atoms with Crippen LogP contribution in [0.1, 0.15) is 12.0 Å². The van der Waals surface area contributed by atoms with E-state index >= 15 is 0 Å². The van der Waals surface area contributed by atoms with Crippen LogP contribution in [0, 0.1) is 0 Å². The third kappa shape index (κ3) is 7.58.